The number of ether oxygens (including phenoxy) is 2. The summed E-state index contributed by atoms with van der Waals surface area (Å²) in [5.74, 6) is -1.15. The first-order valence-corrected chi connectivity index (χ1v) is 8.34. The molecule has 6 heteroatoms. The topological polar surface area (TPSA) is 76.1 Å². The molecule has 24 heavy (non-hydrogen) atoms. The molecule has 1 heterocycles. The van der Waals surface area contributed by atoms with Crippen LogP contribution in [-0.4, -0.2) is 48.2 Å². The molecule has 0 unspecified atom stereocenters. The van der Waals surface area contributed by atoms with E-state index in [4.69, 9.17) is 14.6 Å². The van der Waals surface area contributed by atoms with Gasteiger partial charge in [-0.2, -0.15) is 0 Å². The second-order valence-corrected chi connectivity index (χ2v) is 6.49. The zero-order chi connectivity index (χ0) is 17.1. The Balaban J connectivity index is 1.71. The van der Waals surface area contributed by atoms with Crippen LogP contribution in [0.25, 0.3) is 0 Å². The lowest BCUT2D eigenvalue weighted by molar-refractivity contribution is -0.142. The number of amides is 1. The molecule has 6 nitrogen and oxygen atoms in total. The van der Waals surface area contributed by atoms with Crippen LogP contribution in [0.5, 0.6) is 5.75 Å². The van der Waals surface area contributed by atoms with Gasteiger partial charge in [0.2, 0.25) is 5.91 Å². The number of methoxy groups -OCH3 is 1. The Kier molecular flexibility index (Phi) is 5.04. The fraction of sp³-hybridized carbons (Fsp3) is 0.556. The first-order valence-electron chi connectivity index (χ1n) is 8.34. The Morgan fingerprint density at radius 1 is 1.38 bits per heavy atom. The zero-order valence-electron chi connectivity index (χ0n) is 13.8. The van der Waals surface area contributed by atoms with E-state index in [9.17, 15) is 9.59 Å². The smallest absolute Gasteiger partial charge is 0.307 e. The van der Waals surface area contributed by atoms with E-state index in [1.165, 1.54) is 0 Å². The van der Waals surface area contributed by atoms with Gasteiger partial charge in [-0.15, -0.1) is 0 Å². The van der Waals surface area contributed by atoms with E-state index in [1.54, 1.807) is 12.0 Å². The van der Waals surface area contributed by atoms with Gasteiger partial charge in [0.05, 0.1) is 25.0 Å². The maximum Gasteiger partial charge on any atom is 0.307 e. The van der Waals surface area contributed by atoms with Crippen LogP contribution in [0, 0.1) is 11.8 Å². The molecule has 1 amide bonds. The van der Waals surface area contributed by atoms with Crippen LogP contribution in [0.3, 0.4) is 0 Å². The van der Waals surface area contributed by atoms with Gasteiger partial charge in [-0.05, 0) is 37.0 Å². The molecule has 1 aromatic rings. The Morgan fingerprint density at radius 2 is 2.21 bits per heavy atom. The maximum atomic E-state index is 12.7. The van der Waals surface area contributed by atoms with E-state index in [0.717, 1.165) is 30.8 Å². The van der Waals surface area contributed by atoms with Gasteiger partial charge < -0.3 is 19.5 Å². The summed E-state index contributed by atoms with van der Waals surface area (Å²) in [4.78, 5) is 25.6. The van der Waals surface area contributed by atoms with Crippen LogP contribution in [-0.2, 0) is 20.9 Å². The normalized spacial score (nSPS) is 25.3. The molecule has 3 rings (SSSR count). The van der Waals surface area contributed by atoms with Crippen molar-refractivity contribution in [1.29, 1.82) is 0 Å². The van der Waals surface area contributed by atoms with E-state index in [-0.39, 0.29) is 12.0 Å². The van der Waals surface area contributed by atoms with Crippen molar-refractivity contribution in [2.75, 3.05) is 20.3 Å². The molecule has 1 aromatic carbocycles. The van der Waals surface area contributed by atoms with Gasteiger partial charge in [-0.25, -0.2) is 0 Å². The van der Waals surface area contributed by atoms with Crippen LogP contribution in [0.4, 0.5) is 0 Å². The van der Waals surface area contributed by atoms with Crippen molar-refractivity contribution in [2.45, 2.75) is 31.9 Å². The summed E-state index contributed by atoms with van der Waals surface area (Å²) in [7, 11) is 1.61. The maximum absolute atomic E-state index is 12.7. The number of nitrogens with zero attached hydrogens (tertiary/aromatic N) is 1. The summed E-state index contributed by atoms with van der Waals surface area (Å²) in [6, 6.07) is 7.59. The number of carboxylic acid groups (broad SMARTS) is 1. The predicted molar refractivity (Wildman–Crippen MR) is 86.6 cm³/mol. The first-order chi connectivity index (χ1) is 11.6. The Hall–Kier alpha value is -2.08. The number of hydrogen-bond donors (Lipinski definition) is 1. The predicted octanol–water partition coefficient (Wildman–Crippen LogP) is 1.92. The summed E-state index contributed by atoms with van der Waals surface area (Å²) in [5, 5.41) is 9.08. The van der Waals surface area contributed by atoms with Gasteiger partial charge >= 0.3 is 5.97 Å². The van der Waals surface area contributed by atoms with E-state index in [0.29, 0.717) is 19.5 Å². The number of hydrogen-bond acceptors (Lipinski definition) is 4. The molecule has 1 aliphatic heterocycles. The summed E-state index contributed by atoms with van der Waals surface area (Å²) >= 11 is 0. The Morgan fingerprint density at radius 3 is 2.83 bits per heavy atom. The van der Waals surface area contributed by atoms with Crippen molar-refractivity contribution in [1.82, 2.24) is 4.90 Å². The summed E-state index contributed by atoms with van der Waals surface area (Å²) in [6.07, 6.45) is 2.43. The molecule has 0 bridgehead atoms. The van der Waals surface area contributed by atoms with Crippen molar-refractivity contribution < 1.29 is 24.2 Å². The molecule has 0 spiro atoms. The second-order valence-electron chi connectivity index (χ2n) is 6.49. The number of carbonyl (C=O) groups excluding carboxylic acids is 1. The van der Waals surface area contributed by atoms with Crippen LogP contribution >= 0.6 is 0 Å². The highest BCUT2D eigenvalue weighted by Gasteiger charge is 2.50. The van der Waals surface area contributed by atoms with Gasteiger partial charge in [0.25, 0.3) is 0 Å². The molecule has 3 atom stereocenters. The summed E-state index contributed by atoms with van der Waals surface area (Å²) in [5.41, 5.74) is 0.966. The molecule has 2 fully saturated rings. The van der Waals surface area contributed by atoms with Crippen LogP contribution < -0.4 is 4.74 Å². The molecule has 2 aliphatic rings. The number of carbonyl (C=O) groups is 2. The van der Waals surface area contributed by atoms with Crippen molar-refractivity contribution in [2.24, 2.45) is 11.8 Å². The molecule has 1 aliphatic carbocycles. The SMILES string of the molecule is COc1cccc(CN(C[C@@H]2CCCO2)C(=O)[C@H]2C[C@H]2C(=O)O)c1. The minimum Gasteiger partial charge on any atom is -0.497 e. The number of benzene rings is 1. The molecule has 0 radical (unpaired) electrons. The highest BCUT2D eigenvalue weighted by molar-refractivity contribution is 5.89. The van der Waals surface area contributed by atoms with Crippen molar-refractivity contribution in [3.63, 3.8) is 0 Å². The third kappa shape index (κ3) is 3.87. The Bertz CT molecular complexity index is 611. The fourth-order valence-corrected chi connectivity index (χ4v) is 3.23. The standard InChI is InChI=1S/C18H23NO5/c1-23-13-5-2-4-12(8-13)10-19(11-14-6-3-7-24-14)17(20)15-9-16(15)18(21)22/h2,4-5,8,14-16H,3,6-7,9-11H2,1H3,(H,21,22)/t14-,15-,16+/m0/s1. The number of aliphatic carboxylic acids is 1. The monoisotopic (exact) mass is 333 g/mol. The largest absolute Gasteiger partial charge is 0.497 e. The van der Waals surface area contributed by atoms with Crippen LogP contribution in [0.15, 0.2) is 24.3 Å². The lowest BCUT2D eigenvalue weighted by Crippen LogP contribution is -2.38. The van der Waals surface area contributed by atoms with Gasteiger partial charge in [0, 0.05) is 19.7 Å². The molecule has 0 aromatic heterocycles. The molecule has 1 saturated carbocycles. The summed E-state index contributed by atoms with van der Waals surface area (Å²) < 4.78 is 10.9. The molecule has 130 valence electrons. The summed E-state index contributed by atoms with van der Waals surface area (Å²) in [6.45, 7) is 1.69. The van der Waals surface area contributed by atoms with Gasteiger partial charge in [-0.1, -0.05) is 12.1 Å². The number of carboxylic acids is 1. The molecule has 1 saturated heterocycles. The molecular formula is C18H23NO5. The first kappa shape index (κ1) is 16.8. The minimum atomic E-state index is -0.883. The van der Waals surface area contributed by atoms with E-state index >= 15 is 0 Å². The quantitative estimate of drug-likeness (QED) is 0.825. The fourth-order valence-electron chi connectivity index (χ4n) is 3.23. The molecular weight excluding hydrogens is 310 g/mol. The van der Waals surface area contributed by atoms with E-state index in [2.05, 4.69) is 0 Å². The highest BCUT2D eigenvalue weighted by Crippen LogP contribution is 2.40. The molecule has 1 N–H and O–H groups in total. The van der Waals surface area contributed by atoms with E-state index < -0.39 is 17.8 Å². The lowest BCUT2D eigenvalue weighted by Gasteiger charge is -2.26. The third-order valence-corrected chi connectivity index (χ3v) is 4.69. The zero-order valence-corrected chi connectivity index (χ0v) is 13.8. The van der Waals surface area contributed by atoms with Crippen molar-refractivity contribution in [3.05, 3.63) is 29.8 Å². The minimum absolute atomic E-state index is 0.0431. The van der Waals surface area contributed by atoms with Gasteiger partial charge in [0.15, 0.2) is 0 Å². The third-order valence-electron chi connectivity index (χ3n) is 4.69. The average Bonchev–Trinajstić information content (AvgIpc) is 3.23. The van der Waals surface area contributed by atoms with Gasteiger partial charge in [0.1, 0.15) is 5.75 Å². The lowest BCUT2D eigenvalue weighted by atomic mass is 10.1. The van der Waals surface area contributed by atoms with Gasteiger partial charge in [-0.3, -0.25) is 9.59 Å². The number of rotatable bonds is 7. The van der Waals surface area contributed by atoms with Crippen LogP contribution in [0.2, 0.25) is 0 Å². The second kappa shape index (κ2) is 7.21. The Labute approximate surface area is 141 Å². The average molecular weight is 333 g/mol. The van der Waals surface area contributed by atoms with Crippen molar-refractivity contribution >= 4 is 11.9 Å². The van der Waals surface area contributed by atoms with Crippen molar-refractivity contribution in [3.8, 4) is 5.75 Å². The highest BCUT2D eigenvalue weighted by atomic mass is 16.5. The van der Waals surface area contributed by atoms with Crippen LogP contribution in [0.1, 0.15) is 24.8 Å². The van der Waals surface area contributed by atoms with E-state index in [1.807, 2.05) is 24.3 Å².